The van der Waals surface area contributed by atoms with Crippen molar-refractivity contribution in [3.8, 4) is 11.8 Å². The monoisotopic (exact) mass is 463 g/mol. The van der Waals surface area contributed by atoms with E-state index in [-0.39, 0.29) is 29.5 Å². The molecule has 2 aliphatic heterocycles. The van der Waals surface area contributed by atoms with Crippen LogP contribution in [0.3, 0.4) is 0 Å². The third-order valence-electron chi connectivity index (χ3n) is 6.15. The van der Waals surface area contributed by atoms with Crippen molar-refractivity contribution in [2.75, 3.05) is 26.2 Å². The first kappa shape index (κ1) is 22.9. The zero-order chi connectivity index (χ0) is 23.6. The summed E-state index contributed by atoms with van der Waals surface area (Å²) in [5.74, 6) is 0.287. The van der Waals surface area contributed by atoms with Gasteiger partial charge in [0, 0.05) is 38.0 Å². The fraction of sp³-hybridized carbons (Fsp3) is 0.545. The van der Waals surface area contributed by atoms with E-state index in [1.807, 2.05) is 0 Å². The summed E-state index contributed by atoms with van der Waals surface area (Å²) >= 11 is 0. The lowest BCUT2D eigenvalue weighted by Crippen LogP contribution is -2.51. The van der Waals surface area contributed by atoms with Crippen LogP contribution in [-0.2, 0) is 0 Å². The Morgan fingerprint density at radius 2 is 1.82 bits per heavy atom. The SMILES string of the molecule is Cc1noc(C2CC(c3ccc(OC(F)(F)F)cc3)CN(C(=O)N3CCC(C#N)CC3)C2)n1. The second kappa shape index (κ2) is 9.29. The van der Waals surface area contributed by atoms with Crippen LogP contribution in [0, 0.1) is 24.2 Å². The van der Waals surface area contributed by atoms with E-state index in [0.717, 1.165) is 5.56 Å². The van der Waals surface area contributed by atoms with E-state index < -0.39 is 6.36 Å². The molecule has 0 saturated carbocycles. The van der Waals surface area contributed by atoms with Gasteiger partial charge in [0.25, 0.3) is 0 Å². The molecule has 0 spiro atoms. The fourth-order valence-electron chi connectivity index (χ4n) is 4.50. The van der Waals surface area contributed by atoms with Crippen LogP contribution in [-0.4, -0.2) is 58.5 Å². The number of piperidine rings is 2. The number of rotatable bonds is 3. The normalized spacial score (nSPS) is 22.2. The number of aromatic nitrogens is 2. The van der Waals surface area contributed by atoms with Crippen LogP contribution < -0.4 is 4.74 Å². The molecule has 2 aliphatic rings. The van der Waals surface area contributed by atoms with Crippen LogP contribution in [0.2, 0.25) is 0 Å². The molecule has 8 nitrogen and oxygen atoms in total. The van der Waals surface area contributed by atoms with Crippen molar-refractivity contribution in [1.29, 1.82) is 5.26 Å². The van der Waals surface area contributed by atoms with E-state index in [9.17, 15) is 18.0 Å². The maximum atomic E-state index is 13.3. The van der Waals surface area contributed by atoms with Gasteiger partial charge in [-0.25, -0.2) is 4.79 Å². The van der Waals surface area contributed by atoms with Crippen molar-refractivity contribution in [2.45, 2.75) is 44.4 Å². The number of aryl methyl sites for hydroxylation is 1. The smallest absolute Gasteiger partial charge is 0.406 e. The van der Waals surface area contributed by atoms with Gasteiger partial charge in [-0.15, -0.1) is 13.2 Å². The molecule has 1 aromatic heterocycles. The molecule has 2 amide bonds. The number of nitriles is 1. The number of halogens is 3. The highest BCUT2D eigenvalue weighted by molar-refractivity contribution is 5.75. The number of hydrogen-bond donors (Lipinski definition) is 0. The van der Waals surface area contributed by atoms with Crippen molar-refractivity contribution in [2.24, 2.45) is 5.92 Å². The molecule has 3 heterocycles. The third-order valence-corrected chi connectivity index (χ3v) is 6.15. The second-order valence-corrected chi connectivity index (χ2v) is 8.50. The Bertz CT molecular complexity index is 1010. The van der Waals surface area contributed by atoms with Gasteiger partial charge in [0.05, 0.1) is 12.0 Å². The minimum Gasteiger partial charge on any atom is -0.406 e. The number of benzene rings is 1. The molecule has 2 fully saturated rings. The summed E-state index contributed by atoms with van der Waals surface area (Å²) < 4.78 is 46.8. The fourth-order valence-corrected chi connectivity index (χ4v) is 4.50. The number of amides is 2. The predicted octanol–water partition coefficient (Wildman–Crippen LogP) is 4.21. The molecule has 2 unspecified atom stereocenters. The summed E-state index contributed by atoms with van der Waals surface area (Å²) in [6.45, 7) is 3.58. The van der Waals surface area contributed by atoms with Crippen molar-refractivity contribution < 1.29 is 27.2 Å². The number of hydrogen-bond acceptors (Lipinski definition) is 6. The highest BCUT2D eigenvalue weighted by Crippen LogP contribution is 2.37. The standard InChI is InChI=1S/C22H24F3N5O3/c1-14-27-20(33-28-14)18-10-17(16-2-4-19(5-3-16)32-22(23,24)25)12-30(13-18)21(31)29-8-6-15(11-26)7-9-29/h2-5,15,17-18H,6-10,12-13H2,1H3. The van der Waals surface area contributed by atoms with Crippen molar-refractivity contribution in [3.63, 3.8) is 0 Å². The summed E-state index contributed by atoms with van der Waals surface area (Å²) in [5.41, 5.74) is 0.798. The molecule has 176 valence electrons. The lowest BCUT2D eigenvalue weighted by molar-refractivity contribution is -0.274. The van der Waals surface area contributed by atoms with Gasteiger partial charge in [-0.1, -0.05) is 17.3 Å². The van der Waals surface area contributed by atoms with Gasteiger partial charge in [-0.2, -0.15) is 10.2 Å². The molecule has 0 N–H and O–H groups in total. The van der Waals surface area contributed by atoms with E-state index in [2.05, 4.69) is 20.9 Å². The topological polar surface area (TPSA) is 95.5 Å². The largest absolute Gasteiger partial charge is 0.573 e. The number of likely N-dealkylation sites (tertiary alicyclic amines) is 2. The molecule has 33 heavy (non-hydrogen) atoms. The quantitative estimate of drug-likeness (QED) is 0.677. The van der Waals surface area contributed by atoms with Gasteiger partial charge in [-0.05, 0) is 43.9 Å². The van der Waals surface area contributed by atoms with Crippen molar-refractivity contribution >= 4 is 6.03 Å². The average molecular weight is 463 g/mol. The Kier molecular flexibility index (Phi) is 6.44. The van der Waals surface area contributed by atoms with Crippen LogP contribution in [0.1, 0.15) is 48.4 Å². The van der Waals surface area contributed by atoms with Gasteiger partial charge in [0.1, 0.15) is 5.75 Å². The number of alkyl halides is 3. The van der Waals surface area contributed by atoms with E-state index >= 15 is 0 Å². The van der Waals surface area contributed by atoms with Crippen LogP contribution in [0.5, 0.6) is 5.75 Å². The second-order valence-electron chi connectivity index (χ2n) is 8.50. The number of urea groups is 1. The van der Waals surface area contributed by atoms with Crippen LogP contribution in [0.25, 0.3) is 0 Å². The lowest BCUT2D eigenvalue weighted by atomic mass is 9.84. The first-order valence-electron chi connectivity index (χ1n) is 10.8. The Balaban J connectivity index is 1.53. The number of carbonyl (C=O) groups is 1. The molecule has 1 aromatic carbocycles. The Hall–Kier alpha value is -3.29. The van der Waals surface area contributed by atoms with Crippen LogP contribution in [0.4, 0.5) is 18.0 Å². The van der Waals surface area contributed by atoms with E-state index in [1.165, 1.54) is 12.1 Å². The molecule has 0 radical (unpaired) electrons. The molecular formula is C22H24F3N5O3. The van der Waals surface area contributed by atoms with Crippen molar-refractivity contribution in [3.05, 3.63) is 41.5 Å². The summed E-state index contributed by atoms with van der Waals surface area (Å²) in [7, 11) is 0. The molecule has 2 saturated heterocycles. The minimum absolute atomic E-state index is 0.0327. The number of ether oxygens (including phenoxy) is 1. The molecule has 11 heteroatoms. The van der Waals surface area contributed by atoms with Gasteiger partial charge < -0.3 is 19.1 Å². The Labute approximate surface area is 188 Å². The highest BCUT2D eigenvalue weighted by atomic mass is 19.4. The molecule has 0 aliphatic carbocycles. The average Bonchev–Trinajstić information content (AvgIpc) is 3.24. The summed E-state index contributed by atoms with van der Waals surface area (Å²) in [6.07, 6.45) is -2.85. The minimum atomic E-state index is -4.75. The third kappa shape index (κ3) is 5.56. The zero-order valence-corrected chi connectivity index (χ0v) is 18.1. The predicted molar refractivity (Wildman–Crippen MR) is 109 cm³/mol. The van der Waals surface area contributed by atoms with Crippen LogP contribution in [0.15, 0.2) is 28.8 Å². The molecule has 4 rings (SSSR count). The molecule has 0 bridgehead atoms. The highest BCUT2D eigenvalue weighted by Gasteiger charge is 2.37. The zero-order valence-electron chi connectivity index (χ0n) is 18.1. The maximum Gasteiger partial charge on any atom is 0.573 e. The maximum absolute atomic E-state index is 13.3. The van der Waals surface area contributed by atoms with Crippen LogP contribution >= 0.6 is 0 Å². The van der Waals surface area contributed by atoms with Gasteiger partial charge in [0.2, 0.25) is 5.89 Å². The van der Waals surface area contributed by atoms with Gasteiger partial charge in [0.15, 0.2) is 5.82 Å². The lowest BCUT2D eigenvalue weighted by Gasteiger charge is -2.40. The molecular weight excluding hydrogens is 439 g/mol. The van der Waals surface area contributed by atoms with Crippen molar-refractivity contribution in [1.82, 2.24) is 19.9 Å². The molecule has 2 atom stereocenters. The van der Waals surface area contributed by atoms with E-state index in [4.69, 9.17) is 9.78 Å². The first-order valence-corrected chi connectivity index (χ1v) is 10.8. The van der Waals surface area contributed by atoms with E-state index in [0.29, 0.717) is 57.2 Å². The number of nitrogens with zero attached hydrogens (tertiary/aromatic N) is 5. The Morgan fingerprint density at radius 3 is 2.39 bits per heavy atom. The first-order chi connectivity index (χ1) is 15.7. The van der Waals surface area contributed by atoms with Gasteiger partial charge >= 0.3 is 12.4 Å². The summed E-state index contributed by atoms with van der Waals surface area (Å²) in [4.78, 5) is 21.1. The molecule has 2 aromatic rings. The number of carbonyl (C=O) groups excluding carboxylic acids is 1. The summed E-state index contributed by atoms with van der Waals surface area (Å²) in [6, 6.07) is 7.89. The summed E-state index contributed by atoms with van der Waals surface area (Å²) in [5, 5.41) is 13.0. The van der Waals surface area contributed by atoms with E-state index in [1.54, 1.807) is 28.9 Å². The van der Waals surface area contributed by atoms with Gasteiger partial charge in [-0.3, -0.25) is 0 Å². The Morgan fingerprint density at radius 1 is 1.15 bits per heavy atom.